The van der Waals surface area contributed by atoms with Gasteiger partial charge in [-0.1, -0.05) is 72.1 Å². The van der Waals surface area contributed by atoms with Gasteiger partial charge in [0.05, 0.1) is 31.0 Å². The normalized spacial score (nSPS) is 10.5. The first kappa shape index (κ1) is 29.3. The molecule has 0 unspecified atom stereocenters. The molecule has 4 aromatic rings. The summed E-state index contributed by atoms with van der Waals surface area (Å²) < 4.78 is 0. The Balaban J connectivity index is 1.32. The zero-order chi connectivity index (χ0) is 29.2. The fraction of sp³-hybridized carbons (Fsp3) is 0.103. The Bertz CT molecular complexity index is 1480. The minimum Gasteiger partial charge on any atom is -0.325 e. The molecule has 0 heterocycles. The van der Waals surface area contributed by atoms with Gasteiger partial charge in [-0.25, -0.2) is 0 Å². The molecular weight excluding hydrogens is 564 g/mol. The third kappa shape index (κ3) is 8.16. The highest BCUT2D eigenvalue weighted by Crippen LogP contribution is 2.39. The van der Waals surface area contributed by atoms with E-state index in [0.29, 0.717) is 31.0 Å². The predicted molar refractivity (Wildman–Crippen MR) is 158 cm³/mol. The van der Waals surface area contributed by atoms with Gasteiger partial charge < -0.3 is 10.6 Å². The zero-order valence-electron chi connectivity index (χ0n) is 21.5. The molecule has 2 amide bonds. The molecule has 0 saturated heterocycles. The van der Waals surface area contributed by atoms with Crippen molar-refractivity contribution in [3.8, 4) is 0 Å². The average Bonchev–Trinajstić information content (AvgIpc) is 2.95. The number of amides is 2. The minimum absolute atomic E-state index is 0.0217. The summed E-state index contributed by atoms with van der Waals surface area (Å²) in [7, 11) is 0. The lowest BCUT2D eigenvalue weighted by molar-refractivity contribution is -0.387. The van der Waals surface area contributed by atoms with E-state index in [1.165, 1.54) is 35.7 Å². The standard InChI is InChI=1S/C29H24N4O6S2/c34-28(30-20-10-1-5-14-24(20)40-26-16-7-3-12-22(26)32(36)37)18-9-19-29(35)31-21-11-2-6-15-25(21)41-27-17-8-4-13-23(27)33(38)39/h1-8,10-17H,9,18-19H2,(H,30,34)(H,31,35). The molecule has 4 aromatic carbocycles. The van der Waals surface area contributed by atoms with Crippen LogP contribution in [0.15, 0.2) is 117 Å². The van der Waals surface area contributed by atoms with E-state index < -0.39 is 9.85 Å². The molecule has 0 atom stereocenters. The average molecular weight is 589 g/mol. The fourth-order valence-electron chi connectivity index (χ4n) is 3.78. The van der Waals surface area contributed by atoms with Crippen LogP contribution in [0.4, 0.5) is 22.7 Å². The van der Waals surface area contributed by atoms with E-state index in [1.54, 1.807) is 84.9 Å². The number of carbonyl (C=O) groups excluding carboxylic acids is 2. The second-order valence-corrected chi connectivity index (χ2v) is 10.8. The molecule has 0 bridgehead atoms. The van der Waals surface area contributed by atoms with Crippen molar-refractivity contribution < 1.29 is 19.4 Å². The van der Waals surface area contributed by atoms with Gasteiger partial charge in [-0.2, -0.15) is 0 Å². The molecule has 0 fully saturated rings. The minimum atomic E-state index is -0.447. The summed E-state index contributed by atoms with van der Waals surface area (Å²) in [5.41, 5.74) is 0.996. The Morgan fingerprint density at radius 1 is 0.561 bits per heavy atom. The van der Waals surface area contributed by atoms with Gasteiger partial charge in [0.15, 0.2) is 0 Å². The van der Waals surface area contributed by atoms with Crippen LogP contribution in [-0.4, -0.2) is 21.7 Å². The van der Waals surface area contributed by atoms with Crippen molar-refractivity contribution in [3.63, 3.8) is 0 Å². The highest BCUT2D eigenvalue weighted by molar-refractivity contribution is 8.00. The molecule has 0 aromatic heterocycles. The number of hydrogen-bond acceptors (Lipinski definition) is 8. The highest BCUT2D eigenvalue weighted by Gasteiger charge is 2.18. The number of rotatable bonds is 12. The Hall–Kier alpha value is -4.68. The number of anilines is 2. The van der Waals surface area contributed by atoms with Crippen LogP contribution in [0.3, 0.4) is 0 Å². The number of para-hydroxylation sites is 4. The van der Waals surface area contributed by atoms with Gasteiger partial charge in [-0.15, -0.1) is 0 Å². The van der Waals surface area contributed by atoms with E-state index in [-0.39, 0.29) is 42.5 Å². The quantitative estimate of drug-likeness (QED) is 0.127. The summed E-state index contributed by atoms with van der Waals surface area (Å²) in [5, 5.41) is 28.4. The van der Waals surface area contributed by atoms with Gasteiger partial charge in [0.25, 0.3) is 11.4 Å². The SMILES string of the molecule is O=C(CCCC(=O)Nc1ccccc1Sc1ccccc1[N+](=O)[O-])Nc1ccccc1Sc1ccccc1[N+](=O)[O-]. The third-order valence-corrected chi connectivity index (χ3v) is 7.98. The maximum absolute atomic E-state index is 12.7. The third-order valence-electron chi connectivity index (χ3n) is 5.69. The number of nitrogens with one attached hydrogen (secondary N) is 2. The van der Waals surface area contributed by atoms with Crippen molar-refractivity contribution in [3.05, 3.63) is 117 Å². The summed E-state index contributed by atoms with van der Waals surface area (Å²) >= 11 is 2.37. The van der Waals surface area contributed by atoms with Crippen LogP contribution in [-0.2, 0) is 9.59 Å². The number of nitrogens with zero attached hydrogens (tertiary/aromatic N) is 2. The molecule has 208 valence electrons. The largest absolute Gasteiger partial charge is 0.325 e. The second-order valence-electron chi connectivity index (χ2n) is 8.60. The van der Waals surface area contributed by atoms with Gasteiger partial charge in [0.1, 0.15) is 0 Å². The van der Waals surface area contributed by atoms with Gasteiger partial charge in [-0.05, 0) is 42.8 Å². The van der Waals surface area contributed by atoms with Gasteiger partial charge in [0, 0.05) is 34.8 Å². The van der Waals surface area contributed by atoms with Crippen LogP contribution in [0.1, 0.15) is 19.3 Å². The van der Waals surface area contributed by atoms with E-state index in [1.807, 2.05) is 0 Å². The summed E-state index contributed by atoms with van der Waals surface area (Å²) in [5.74, 6) is -0.582. The van der Waals surface area contributed by atoms with Gasteiger partial charge >= 0.3 is 0 Å². The smallest absolute Gasteiger partial charge is 0.283 e. The molecule has 0 aliphatic heterocycles. The summed E-state index contributed by atoms with van der Waals surface area (Å²) in [4.78, 5) is 49.4. The monoisotopic (exact) mass is 588 g/mol. The van der Waals surface area contributed by atoms with Crippen LogP contribution in [0.5, 0.6) is 0 Å². The highest BCUT2D eigenvalue weighted by atomic mass is 32.2. The lowest BCUT2D eigenvalue weighted by Gasteiger charge is -2.12. The number of nitro groups is 2. The van der Waals surface area contributed by atoms with E-state index in [9.17, 15) is 29.8 Å². The lowest BCUT2D eigenvalue weighted by atomic mass is 10.2. The van der Waals surface area contributed by atoms with E-state index >= 15 is 0 Å². The maximum atomic E-state index is 12.7. The molecule has 12 heteroatoms. The first-order valence-corrected chi connectivity index (χ1v) is 14.1. The first-order chi connectivity index (χ1) is 19.8. The Labute approximate surface area is 243 Å². The van der Waals surface area contributed by atoms with Crippen molar-refractivity contribution >= 4 is 58.1 Å². The second kappa shape index (κ2) is 14.1. The van der Waals surface area contributed by atoms with Crippen molar-refractivity contribution in [2.75, 3.05) is 10.6 Å². The molecule has 10 nitrogen and oxygen atoms in total. The molecular formula is C29H24N4O6S2. The van der Waals surface area contributed by atoms with E-state index in [2.05, 4.69) is 10.6 Å². The molecule has 0 aliphatic rings. The molecule has 41 heavy (non-hydrogen) atoms. The number of carbonyl (C=O) groups is 2. The molecule has 0 aliphatic carbocycles. The van der Waals surface area contributed by atoms with Crippen LogP contribution in [0.25, 0.3) is 0 Å². The fourth-order valence-corrected chi connectivity index (χ4v) is 5.79. The first-order valence-electron chi connectivity index (χ1n) is 12.4. The predicted octanol–water partition coefficient (Wildman–Crippen LogP) is 7.55. The van der Waals surface area contributed by atoms with Crippen molar-refractivity contribution in [2.24, 2.45) is 0 Å². The van der Waals surface area contributed by atoms with Crippen molar-refractivity contribution in [1.82, 2.24) is 0 Å². The van der Waals surface area contributed by atoms with Crippen LogP contribution in [0, 0.1) is 20.2 Å². The summed E-state index contributed by atoms with van der Waals surface area (Å²) in [6, 6.07) is 26.8. The number of benzene rings is 4. The van der Waals surface area contributed by atoms with Crippen molar-refractivity contribution in [2.45, 2.75) is 38.8 Å². The van der Waals surface area contributed by atoms with Gasteiger partial charge in [-0.3, -0.25) is 29.8 Å². The Morgan fingerprint density at radius 3 is 1.29 bits per heavy atom. The summed E-state index contributed by atoms with van der Waals surface area (Å²) in [6.45, 7) is 0. The molecule has 0 saturated carbocycles. The molecule has 4 rings (SSSR count). The topological polar surface area (TPSA) is 144 Å². The van der Waals surface area contributed by atoms with Gasteiger partial charge in [0.2, 0.25) is 11.8 Å². The number of hydrogen-bond donors (Lipinski definition) is 2. The van der Waals surface area contributed by atoms with Crippen LogP contribution in [0.2, 0.25) is 0 Å². The summed E-state index contributed by atoms with van der Waals surface area (Å²) in [6.07, 6.45) is 0.464. The van der Waals surface area contributed by atoms with E-state index in [4.69, 9.17) is 0 Å². The molecule has 0 spiro atoms. The molecule has 2 N–H and O–H groups in total. The van der Waals surface area contributed by atoms with Crippen LogP contribution >= 0.6 is 23.5 Å². The molecule has 0 radical (unpaired) electrons. The Kier molecular flexibility index (Phi) is 10.1. The maximum Gasteiger partial charge on any atom is 0.283 e. The lowest BCUT2D eigenvalue weighted by Crippen LogP contribution is -2.15. The zero-order valence-corrected chi connectivity index (χ0v) is 23.2. The van der Waals surface area contributed by atoms with Crippen molar-refractivity contribution in [1.29, 1.82) is 0 Å². The number of nitro benzene ring substituents is 2. The Morgan fingerprint density at radius 2 is 0.902 bits per heavy atom. The van der Waals surface area contributed by atoms with Crippen LogP contribution < -0.4 is 10.6 Å². The van der Waals surface area contributed by atoms with E-state index in [0.717, 1.165) is 0 Å².